The van der Waals surface area contributed by atoms with Gasteiger partial charge in [0.25, 0.3) is 0 Å². The Hall–Kier alpha value is -2.73. The molecule has 23 heavy (non-hydrogen) atoms. The molecule has 0 aliphatic rings. The minimum atomic E-state index is -0.320. The van der Waals surface area contributed by atoms with Crippen molar-refractivity contribution in [2.45, 2.75) is 0 Å². The van der Waals surface area contributed by atoms with Crippen LogP contribution < -0.4 is 4.80 Å². The Morgan fingerprint density at radius 3 is 2.61 bits per heavy atom. The quantitative estimate of drug-likeness (QED) is 0.736. The first-order valence-corrected chi connectivity index (χ1v) is 7.79. The van der Waals surface area contributed by atoms with Gasteiger partial charge in [0.2, 0.25) is 4.80 Å². The van der Waals surface area contributed by atoms with Gasteiger partial charge in [-0.05, 0) is 24.3 Å². The van der Waals surface area contributed by atoms with Gasteiger partial charge in [-0.2, -0.15) is 5.10 Å². The number of aromatic nitrogens is 1. The Bertz CT molecular complexity index is 927. The number of aromatic hydroxyl groups is 1. The largest absolute Gasteiger partial charge is 0.507 e. The predicted octanol–water partition coefficient (Wildman–Crippen LogP) is 3.47. The fraction of sp³-hybridized carbons (Fsp3) is 0.0588. The summed E-state index contributed by atoms with van der Waals surface area (Å²) in [5, 5.41) is 16.0. The number of para-hydroxylation sites is 1. The average Bonchev–Trinajstić information content (AvgIpc) is 2.97. The third-order valence-electron chi connectivity index (χ3n) is 3.28. The molecule has 2 aromatic carbocycles. The first-order valence-electron chi connectivity index (χ1n) is 6.91. The van der Waals surface area contributed by atoms with E-state index in [-0.39, 0.29) is 11.6 Å². The van der Waals surface area contributed by atoms with Crippen LogP contribution in [0.4, 0.5) is 4.39 Å². The highest BCUT2D eigenvalue weighted by molar-refractivity contribution is 7.07. The van der Waals surface area contributed by atoms with Crippen LogP contribution in [0.3, 0.4) is 0 Å². The number of hydrogen-bond acceptors (Lipinski definition) is 4. The van der Waals surface area contributed by atoms with Gasteiger partial charge >= 0.3 is 0 Å². The van der Waals surface area contributed by atoms with Gasteiger partial charge in [0, 0.05) is 23.6 Å². The SMILES string of the molecule is CN=c1scc(-c2ccccc2F)n1N=Cc1ccccc1O. The molecule has 0 aliphatic heterocycles. The van der Waals surface area contributed by atoms with E-state index in [1.807, 2.05) is 11.4 Å². The number of thiazole rings is 1. The van der Waals surface area contributed by atoms with E-state index >= 15 is 0 Å². The zero-order valence-electron chi connectivity index (χ0n) is 12.3. The third-order valence-corrected chi connectivity index (χ3v) is 4.18. The van der Waals surface area contributed by atoms with E-state index in [2.05, 4.69) is 10.1 Å². The van der Waals surface area contributed by atoms with E-state index in [4.69, 9.17) is 0 Å². The van der Waals surface area contributed by atoms with Crippen molar-refractivity contribution in [3.63, 3.8) is 0 Å². The van der Waals surface area contributed by atoms with Gasteiger partial charge < -0.3 is 5.11 Å². The zero-order chi connectivity index (χ0) is 16.2. The van der Waals surface area contributed by atoms with E-state index in [1.165, 1.54) is 23.6 Å². The third kappa shape index (κ3) is 3.07. The Morgan fingerprint density at radius 2 is 1.87 bits per heavy atom. The fourth-order valence-corrected chi connectivity index (χ4v) is 2.93. The predicted molar refractivity (Wildman–Crippen MR) is 90.3 cm³/mol. The van der Waals surface area contributed by atoms with Gasteiger partial charge in [-0.1, -0.05) is 24.3 Å². The lowest BCUT2D eigenvalue weighted by Gasteiger charge is -2.04. The maximum absolute atomic E-state index is 14.1. The lowest BCUT2D eigenvalue weighted by Crippen LogP contribution is -2.11. The molecule has 0 radical (unpaired) electrons. The monoisotopic (exact) mass is 327 g/mol. The summed E-state index contributed by atoms with van der Waals surface area (Å²) >= 11 is 1.37. The summed E-state index contributed by atoms with van der Waals surface area (Å²) in [7, 11) is 1.66. The number of benzene rings is 2. The summed E-state index contributed by atoms with van der Waals surface area (Å²) in [6.45, 7) is 0. The molecule has 1 heterocycles. The van der Waals surface area contributed by atoms with E-state index in [9.17, 15) is 9.50 Å². The van der Waals surface area contributed by atoms with Gasteiger partial charge in [0.1, 0.15) is 11.6 Å². The zero-order valence-corrected chi connectivity index (χ0v) is 13.2. The van der Waals surface area contributed by atoms with Crippen LogP contribution in [0, 0.1) is 5.82 Å². The first-order chi connectivity index (χ1) is 11.2. The maximum atomic E-state index is 14.1. The molecule has 1 N–H and O–H groups in total. The molecule has 0 spiro atoms. The molecule has 4 nitrogen and oxygen atoms in total. The molecule has 0 unspecified atom stereocenters. The number of phenols is 1. The number of hydrogen-bond donors (Lipinski definition) is 1. The summed E-state index contributed by atoms with van der Waals surface area (Å²) in [6, 6.07) is 13.4. The second-order valence-electron chi connectivity index (χ2n) is 4.72. The van der Waals surface area contributed by atoms with Crippen LogP contribution in [0.2, 0.25) is 0 Å². The van der Waals surface area contributed by atoms with E-state index in [0.717, 1.165) is 0 Å². The molecule has 0 bridgehead atoms. The molecule has 0 saturated carbocycles. The lowest BCUT2D eigenvalue weighted by molar-refractivity contribution is 0.474. The van der Waals surface area contributed by atoms with Crippen molar-refractivity contribution in [1.82, 2.24) is 4.68 Å². The van der Waals surface area contributed by atoms with Crippen molar-refractivity contribution in [1.29, 1.82) is 0 Å². The topological polar surface area (TPSA) is 49.9 Å². The van der Waals surface area contributed by atoms with Crippen LogP contribution in [0.15, 0.2) is 64.0 Å². The summed E-state index contributed by atoms with van der Waals surface area (Å²) in [5.74, 6) is -0.186. The van der Waals surface area contributed by atoms with E-state index in [1.54, 1.807) is 48.1 Å². The molecule has 0 aliphatic carbocycles. The lowest BCUT2D eigenvalue weighted by atomic mass is 10.1. The molecule has 0 atom stereocenters. The van der Waals surface area contributed by atoms with Crippen LogP contribution in [0.25, 0.3) is 11.3 Å². The number of phenolic OH excluding ortho intramolecular Hbond substituents is 1. The van der Waals surface area contributed by atoms with Crippen molar-refractivity contribution in [2.24, 2.45) is 10.1 Å². The van der Waals surface area contributed by atoms with Crippen LogP contribution in [0.5, 0.6) is 5.75 Å². The highest BCUT2D eigenvalue weighted by Crippen LogP contribution is 2.23. The second-order valence-corrected chi connectivity index (χ2v) is 5.56. The summed E-state index contributed by atoms with van der Waals surface area (Å²) < 4.78 is 15.6. The first kappa shape index (κ1) is 15.2. The van der Waals surface area contributed by atoms with Crippen molar-refractivity contribution >= 4 is 17.6 Å². The average molecular weight is 327 g/mol. The van der Waals surface area contributed by atoms with Crippen LogP contribution in [-0.4, -0.2) is 23.0 Å². The van der Waals surface area contributed by atoms with Gasteiger partial charge in [0.15, 0.2) is 0 Å². The van der Waals surface area contributed by atoms with E-state index < -0.39 is 0 Å². The second kappa shape index (κ2) is 6.58. The number of halogens is 1. The van der Waals surface area contributed by atoms with Gasteiger partial charge in [-0.15, -0.1) is 11.3 Å². The summed E-state index contributed by atoms with van der Waals surface area (Å²) in [5.41, 5.74) is 1.64. The summed E-state index contributed by atoms with van der Waals surface area (Å²) in [4.78, 5) is 4.80. The van der Waals surface area contributed by atoms with Gasteiger partial charge in [-0.25, -0.2) is 9.07 Å². The molecule has 0 saturated heterocycles. The molecule has 116 valence electrons. The van der Waals surface area contributed by atoms with Gasteiger partial charge in [-0.3, -0.25) is 4.99 Å². The highest BCUT2D eigenvalue weighted by atomic mass is 32.1. The fourth-order valence-electron chi connectivity index (χ4n) is 2.13. The Kier molecular flexibility index (Phi) is 4.34. The molecular formula is C17H14FN3OS. The highest BCUT2D eigenvalue weighted by Gasteiger charge is 2.11. The Balaban J connectivity index is 2.11. The van der Waals surface area contributed by atoms with Crippen LogP contribution in [-0.2, 0) is 0 Å². The van der Waals surface area contributed by atoms with E-state index in [0.29, 0.717) is 21.6 Å². The Morgan fingerprint density at radius 1 is 1.13 bits per heavy atom. The molecule has 1 aromatic heterocycles. The smallest absolute Gasteiger partial charge is 0.205 e. The minimum absolute atomic E-state index is 0.134. The van der Waals surface area contributed by atoms with Crippen LogP contribution in [0.1, 0.15) is 5.56 Å². The van der Waals surface area contributed by atoms with Gasteiger partial charge in [0.05, 0.1) is 11.9 Å². The molecule has 3 aromatic rings. The minimum Gasteiger partial charge on any atom is -0.507 e. The number of rotatable bonds is 3. The normalized spacial score (nSPS) is 12.2. The van der Waals surface area contributed by atoms with Crippen molar-refractivity contribution < 1.29 is 9.50 Å². The standard InChI is InChI=1S/C17H14FN3OS/c1-19-17-21(20-10-12-6-2-5-9-16(12)22)15(11-23-17)13-7-3-4-8-14(13)18/h2-11,22H,1H3. The molecular weight excluding hydrogens is 313 g/mol. The summed E-state index contributed by atoms with van der Waals surface area (Å²) in [6.07, 6.45) is 1.53. The maximum Gasteiger partial charge on any atom is 0.205 e. The molecule has 3 rings (SSSR count). The Labute approximate surface area is 136 Å². The molecule has 0 amide bonds. The van der Waals surface area contributed by atoms with Crippen molar-refractivity contribution in [3.05, 3.63) is 70.1 Å². The number of nitrogens with zero attached hydrogens (tertiary/aromatic N) is 3. The van der Waals surface area contributed by atoms with Crippen molar-refractivity contribution in [2.75, 3.05) is 7.05 Å². The molecule has 0 fully saturated rings. The van der Waals surface area contributed by atoms with Crippen molar-refractivity contribution in [3.8, 4) is 17.0 Å². The molecule has 6 heteroatoms. The van der Waals surface area contributed by atoms with Crippen LogP contribution >= 0.6 is 11.3 Å².